The number of fused-ring (bicyclic) bond motifs is 1. The Morgan fingerprint density at radius 2 is 2.00 bits per heavy atom. The summed E-state index contributed by atoms with van der Waals surface area (Å²) in [6.45, 7) is 2.66. The van der Waals surface area contributed by atoms with E-state index in [-0.39, 0.29) is 0 Å². The van der Waals surface area contributed by atoms with Crippen LogP contribution in [0, 0.1) is 0 Å². The molecule has 0 bridgehead atoms. The number of ether oxygens (including phenoxy) is 3. The molecule has 0 unspecified atom stereocenters. The minimum Gasteiger partial charge on any atom is -0.493 e. The van der Waals surface area contributed by atoms with Gasteiger partial charge in [-0.25, -0.2) is 0 Å². The van der Waals surface area contributed by atoms with Gasteiger partial charge in [-0.15, -0.1) is 0 Å². The quantitative estimate of drug-likeness (QED) is 0.731. The van der Waals surface area contributed by atoms with Crippen molar-refractivity contribution >= 4 is 10.9 Å². The van der Waals surface area contributed by atoms with Crippen LogP contribution in [0.2, 0.25) is 0 Å². The van der Waals surface area contributed by atoms with Crippen molar-refractivity contribution in [2.24, 2.45) is 0 Å². The molecule has 2 rings (SSSR count). The van der Waals surface area contributed by atoms with E-state index in [0.717, 1.165) is 17.7 Å². The molecule has 0 aliphatic heterocycles. The lowest BCUT2D eigenvalue weighted by molar-refractivity contribution is 0.0644. The molecular weight excluding hydrogens is 230 g/mol. The van der Waals surface area contributed by atoms with Crippen molar-refractivity contribution in [1.82, 2.24) is 4.98 Å². The fraction of sp³-hybridized carbons (Fsp3) is 0.429. The lowest BCUT2D eigenvalue weighted by Crippen LogP contribution is -2.06. The summed E-state index contributed by atoms with van der Waals surface area (Å²) >= 11 is 0. The van der Waals surface area contributed by atoms with Crippen molar-refractivity contribution in [2.75, 3.05) is 33.5 Å². The Bertz CT molecular complexity index is 467. The molecule has 1 heterocycles. The largest absolute Gasteiger partial charge is 0.493 e. The Hall–Kier alpha value is -1.52. The van der Waals surface area contributed by atoms with Crippen molar-refractivity contribution < 1.29 is 14.2 Å². The van der Waals surface area contributed by atoms with Gasteiger partial charge >= 0.3 is 0 Å². The Kier molecular flexibility index (Phi) is 5.05. The summed E-state index contributed by atoms with van der Waals surface area (Å²) in [5, 5.41) is 1.17. The molecule has 4 nitrogen and oxygen atoms in total. The van der Waals surface area contributed by atoms with Gasteiger partial charge < -0.3 is 19.2 Å². The maximum absolute atomic E-state index is 5.66. The van der Waals surface area contributed by atoms with E-state index in [9.17, 15) is 0 Å². The summed E-state index contributed by atoms with van der Waals surface area (Å²) < 4.78 is 15.9. The van der Waals surface area contributed by atoms with Gasteiger partial charge in [-0.3, -0.25) is 0 Å². The second-order valence-corrected chi connectivity index (χ2v) is 4.03. The van der Waals surface area contributed by atoms with Crippen LogP contribution in [0.4, 0.5) is 0 Å². The first-order chi connectivity index (χ1) is 8.90. The van der Waals surface area contributed by atoms with Crippen LogP contribution in [0.15, 0.2) is 30.5 Å². The molecule has 1 aromatic heterocycles. The third-order valence-electron chi connectivity index (χ3n) is 2.66. The molecule has 0 saturated carbocycles. The van der Waals surface area contributed by atoms with Crippen molar-refractivity contribution in [2.45, 2.75) is 6.42 Å². The number of hydrogen-bond donors (Lipinski definition) is 1. The first-order valence-electron chi connectivity index (χ1n) is 6.17. The monoisotopic (exact) mass is 249 g/mol. The number of methoxy groups -OCH3 is 1. The summed E-state index contributed by atoms with van der Waals surface area (Å²) in [6, 6.07) is 8.08. The summed E-state index contributed by atoms with van der Waals surface area (Å²) in [6.07, 6.45) is 2.81. The Labute approximate surface area is 107 Å². The van der Waals surface area contributed by atoms with Crippen LogP contribution in [0.3, 0.4) is 0 Å². The minimum atomic E-state index is 0.644. The van der Waals surface area contributed by atoms with E-state index in [0.29, 0.717) is 26.4 Å². The zero-order chi connectivity index (χ0) is 12.6. The number of rotatable bonds is 8. The molecule has 0 aliphatic carbocycles. The molecule has 1 aromatic carbocycles. The lowest BCUT2D eigenvalue weighted by atomic mass is 10.2. The lowest BCUT2D eigenvalue weighted by Gasteiger charge is -2.07. The van der Waals surface area contributed by atoms with Crippen LogP contribution >= 0.6 is 0 Å². The Balaban J connectivity index is 1.67. The van der Waals surface area contributed by atoms with Crippen LogP contribution in [-0.4, -0.2) is 38.5 Å². The predicted molar refractivity (Wildman–Crippen MR) is 71.1 cm³/mol. The van der Waals surface area contributed by atoms with E-state index in [1.807, 2.05) is 30.5 Å². The van der Waals surface area contributed by atoms with E-state index in [2.05, 4.69) is 4.98 Å². The average Bonchev–Trinajstić information content (AvgIpc) is 2.85. The normalized spacial score (nSPS) is 10.9. The van der Waals surface area contributed by atoms with Crippen molar-refractivity contribution in [1.29, 1.82) is 0 Å². The molecule has 0 amide bonds. The highest BCUT2D eigenvalue weighted by Gasteiger charge is 1.98. The van der Waals surface area contributed by atoms with Gasteiger partial charge in [-0.2, -0.15) is 0 Å². The molecular formula is C14H19NO3. The molecule has 98 valence electrons. The first-order valence-corrected chi connectivity index (χ1v) is 6.17. The van der Waals surface area contributed by atoms with Crippen LogP contribution in [0.5, 0.6) is 5.75 Å². The maximum Gasteiger partial charge on any atom is 0.120 e. The number of aromatic nitrogens is 1. The van der Waals surface area contributed by atoms with Gasteiger partial charge in [0.05, 0.1) is 19.8 Å². The molecule has 2 aromatic rings. The minimum absolute atomic E-state index is 0.644. The van der Waals surface area contributed by atoms with E-state index in [4.69, 9.17) is 14.2 Å². The molecule has 0 atom stereocenters. The maximum atomic E-state index is 5.66. The van der Waals surface area contributed by atoms with Gasteiger partial charge in [0.15, 0.2) is 0 Å². The molecule has 4 heteroatoms. The number of benzene rings is 1. The standard InChI is InChI=1S/C14H19NO3/c1-16-9-10-17-7-2-8-18-13-3-4-14-12(11-13)5-6-15-14/h3-6,11,15H,2,7-10H2,1H3. The van der Waals surface area contributed by atoms with E-state index >= 15 is 0 Å². The fourth-order valence-electron chi connectivity index (χ4n) is 1.72. The van der Waals surface area contributed by atoms with Crippen LogP contribution in [-0.2, 0) is 9.47 Å². The molecule has 0 aliphatic rings. The van der Waals surface area contributed by atoms with E-state index < -0.39 is 0 Å². The van der Waals surface area contributed by atoms with E-state index in [1.54, 1.807) is 7.11 Å². The Morgan fingerprint density at radius 1 is 1.06 bits per heavy atom. The molecule has 0 radical (unpaired) electrons. The highest BCUT2D eigenvalue weighted by atomic mass is 16.5. The summed E-state index contributed by atoms with van der Waals surface area (Å²) in [5.74, 6) is 0.902. The molecule has 0 spiro atoms. The number of H-pyrrole nitrogens is 1. The van der Waals surface area contributed by atoms with Gasteiger partial charge in [-0.1, -0.05) is 0 Å². The number of hydrogen-bond acceptors (Lipinski definition) is 3. The molecule has 18 heavy (non-hydrogen) atoms. The second kappa shape index (κ2) is 7.03. The third kappa shape index (κ3) is 3.75. The van der Waals surface area contributed by atoms with Gasteiger partial charge in [0.1, 0.15) is 5.75 Å². The van der Waals surface area contributed by atoms with E-state index in [1.165, 1.54) is 5.39 Å². The SMILES string of the molecule is COCCOCCCOc1ccc2[nH]ccc2c1. The molecule has 1 N–H and O–H groups in total. The number of aromatic amines is 1. The number of nitrogens with one attached hydrogen (secondary N) is 1. The predicted octanol–water partition coefficient (Wildman–Crippen LogP) is 2.60. The smallest absolute Gasteiger partial charge is 0.120 e. The highest BCUT2D eigenvalue weighted by Crippen LogP contribution is 2.19. The average molecular weight is 249 g/mol. The summed E-state index contributed by atoms with van der Waals surface area (Å²) in [7, 11) is 1.67. The Morgan fingerprint density at radius 3 is 2.89 bits per heavy atom. The fourth-order valence-corrected chi connectivity index (χ4v) is 1.72. The summed E-state index contributed by atoms with van der Waals surface area (Å²) in [5.41, 5.74) is 1.13. The molecule has 0 fully saturated rings. The summed E-state index contributed by atoms with van der Waals surface area (Å²) in [4.78, 5) is 3.16. The van der Waals surface area contributed by atoms with Gasteiger partial charge in [0.2, 0.25) is 0 Å². The van der Waals surface area contributed by atoms with Crippen molar-refractivity contribution in [3.8, 4) is 5.75 Å². The van der Waals surface area contributed by atoms with Crippen LogP contribution < -0.4 is 4.74 Å². The van der Waals surface area contributed by atoms with Crippen LogP contribution in [0.1, 0.15) is 6.42 Å². The van der Waals surface area contributed by atoms with Gasteiger partial charge in [0.25, 0.3) is 0 Å². The van der Waals surface area contributed by atoms with Crippen molar-refractivity contribution in [3.63, 3.8) is 0 Å². The zero-order valence-electron chi connectivity index (χ0n) is 10.6. The first kappa shape index (κ1) is 12.9. The highest BCUT2D eigenvalue weighted by molar-refractivity contribution is 5.80. The van der Waals surface area contributed by atoms with Crippen LogP contribution in [0.25, 0.3) is 10.9 Å². The second-order valence-electron chi connectivity index (χ2n) is 4.03. The van der Waals surface area contributed by atoms with Crippen molar-refractivity contribution in [3.05, 3.63) is 30.5 Å². The van der Waals surface area contributed by atoms with Gasteiger partial charge in [0, 0.05) is 37.2 Å². The zero-order valence-corrected chi connectivity index (χ0v) is 10.6. The third-order valence-corrected chi connectivity index (χ3v) is 2.66. The van der Waals surface area contributed by atoms with Gasteiger partial charge in [-0.05, 0) is 24.3 Å². The topological polar surface area (TPSA) is 43.5 Å². The molecule has 0 saturated heterocycles.